The summed E-state index contributed by atoms with van der Waals surface area (Å²) in [5.41, 5.74) is 0. The van der Waals surface area contributed by atoms with Gasteiger partial charge in [-0.25, -0.2) is 0 Å². The molecule has 1 rings (SSSR count). The monoisotopic (exact) mass is 307 g/mol. The van der Waals surface area contributed by atoms with Gasteiger partial charge in [-0.2, -0.15) is 17.0 Å². The smallest absolute Gasteiger partial charge is 0.282 e. The van der Waals surface area contributed by atoms with Crippen LogP contribution in [0.1, 0.15) is 33.1 Å². The molecule has 6 nitrogen and oxygen atoms in total. The molecule has 1 aliphatic rings. The van der Waals surface area contributed by atoms with Gasteiger partial charge in [-0.05, 0) is 26.7 Å². The second-order valence-electron chi connectivity index (χ2n) is 5.57. The number of methoxy groups -OCH3 is 1. The summed E-state index contributed by atoms with van der Waals surface area (Å²) >= 11 is 0. The molecule has 0 aromatic carbocycles. The van der Waals surface area contributed by atoms with Crippen LogP contribution in [-0.2, 0) is 14.9 Å². The van der Waals surface area contributed by atoms with Gasteiger partial charge in [0.15, 0.2) is 0 Å². The zero-order valence-corrected chi connectivity index (χ0v) is 13.9. The van der Waals surface area contributed by atoms with E-state index >= 15 is 0 Å². The maximum atomic E-state index is 12.6. The normalized spacial score (nSPS) is 21.8. The lowest BCUT2D eigenvalue weighted by molar-refractivity contribution is 0.189. The SMILES string of the molecule is COCCNCC1CCCCN1S(=O)(=O)N(C)C(C)C. The molecular formula is C13H29N3O3S. The molecular weight excluding hydrogens is 278 g/mol. The Morgan fingerprint density at radius 1 is 1.40 bits per heavy atom. The first-order chi connectivity index (χ1) is 9.41. The van der Waals surface area contributed by atoms with Gasteiger partial charge in [0.1, 0.15) is 0 Å². The molecule has 120 valence electrons. The molecule has 20 heavy (non-hydrogen) atoms. The van der Waals surface area contributed by atoms with Gasteiger partial charge in [-0.15, -0.1) is 0 Å². The molecule has 1 saturated heterocycles. The highest BCUT2D eigenvalue weighted by Crippen LogP contribution is 2.22. The number of hydrogen-bond acceptors (Lipinski definition) is 4. The van der Waals surface area contributed by atoms with Crippen LogP contribution in [0, 0.1) is 0 Å². The number of piperidine rings is 1. The van der Waals surface area contributed by atoms with E-state index in [0.29, 0.717) is 19.7 Å². The number of hydrogen-bond donors (Lipinski definition) is 1. The summed E-state index contributed by atoms with van der Waals surface area (Å²) in [6.07, 6.45) is 2.96. The fourth-order valence-corrected chi connectivity index (χ4v) is 4.14. The number of nitrogens with zero attached hydrogens (tertiary/aromatic N) is 2. The Morgan fingerprint density at radius 2 is 2.10 bits per heavy atom. The van der Waals surface area contributed by atoms with Gasteiger partial charge < -0.3 is 10.1 Å². The highest BCUT2D eigenvalue weighted by atomic mass is 32.2. The first kappa shape index (κ1) is 17.8. The first-order valence-electron chi connectivity index (χ1n) is 7.35. The maximum Gasteiger partial charge on any atom is 0.282 e. The molecule has 0 radical (unpaired) electrons. The predicted molar refractivity (Wildman–Crippen MR) is 80.9 cm³/mol. The lowest BCUT2D eigenvalue weighted by Gasteiger charge is -2.38. The van der Waals surface area contributed by atoms with E-state index < -0.39 is 10.2 Å². The van der Waals surface area contributed by atoms with E-state index in [1.165, 1.54) is 4.31 Å². The van der Waals surface area contributed by atoms with Gasteiger partial charge in [0.05, 0.1) is 6.61 Å². The molecule has 0 aliphatic carbocycles. The third-order valence-corrected chi connectivity index (χ3v) is 6.05. The molecule has 7 heteroatoms. The van der Waals surface area contributed by atoms with Crippen LogP contribution in [0.25, 0.3) is 0 Å². The Morgan fingerprint density at radius 3 is 2.70 bits per heavy atom. The Balaban J connectivity index is 2.68. The summed E-state index contributed by atoms with van der Waals surface area (Å²) in [5, 5.41) is 3.28. The van der Waals surface area contributed by atoms with E-state index in [-0.39, 0.29) is 12.1 Å². The molecule has 0 aromatic rings. The Hall–Kier alpha value is -0.210. The van der Waals surface area contributed by atoms with Gasteiger partial charge in [-0.1, -0.05) is 6.42 Å². The summed E-state index contributed by atoms with van der Waals surface area (Å²) in [5.74, 6) is 0. The Kier molecular flexibility index (Phi) is 7.39. The van der Waals surface area contributed by atoms with Crippen molar-refractivity contribution < 1.29 is 13.2 Å². The minimum absolute atomic E-state index is 0.0240. The minimum Gasteiger partial charge on any atom is -0.383 e. The highest BCUT2D eigenvalue weighted by molar-refractivity contribution is 7.86. The predicted octanol–water partition coefficient (Wildman–Crippen LogP) is 0.662. The molecule has 1 atom stereocenters. The fourth-order valence-electron chi connectivity index (χ4n) is 2.36. The highest BCUT2D eigenvalue weighted by Gasteiger charge is 2.35. The van der Waals surface area contributed by atoms with E-state index in [2.05, 4.69) is 5.32 Å². The summed E-state index contributed by atoms with van der Waals surface area (Å²) in [6.45, 7) is 6.50. The lowest BCUT2D eigenvalue weighted by Crippen LogP contribution is -2.54. The van der Waals surface area contributed by atoms with E-state index in [1.54, 1.807) is 18.5 Å². The lowest BCUT2D eigenvalue weighted by atomic mass is 10.1. The Bertz CT molecular complexity index is 373. The van der Waals surface area contributed by atoms with Gasteiger partial charge in [-0.3, -0.25) is 0 Å². The summed E-state index contributed by atoms with van der Waals surface area (Å²) < 4.78 is 33.4. The van der Waals surface area contributed by atoms with Crippen LogP contribution in [0.15, 0.2) is 0 Å². The van der Waals surface area contributed by atoms with Crippen LogP contribution in [0.4, 0.5) is 0 Å². The largest absolute Gasteiger partial charge is 0.383 e. The van der Waals surface area contributed by atoms with E-state index in [4.69, 9.17) is 4.74 Å². The van der Waals surface area contributed by atoms with Gasteiger partial charge in [0.25, 0.3) is 10.2 Å². The molecule has 1 aliphatic heterocycles. The van der Waals surface area contributed by atoms with E-state index in [1.807, 2.05) is 13.8 Å². The van der Waals surface area contributed by atoms with Crippen molar-refractivity contribution in [1.29, 1.82) is 0 Å². The minimum atomic E-state index is -3.36. The molecule has 0 saturated carbocycles. The molecule has 1 unspecified atom stereocenters. The topological polar surface area (TPSA) is 61.9 Å². The van der Waals surface area contributed by atoms with Crippen LogP contribution in [-0.4, -0.2) is 69.5 Å². The van der Waals surface area contributed by atoms with Crippen LogP contribution in [0.3, 0.4) is 0 Å². The first-order valence-corrected chi connectivity index (χ1v) is 8.75. The third kappa shape index (κ3) is 4.66. The van der Waals surface area contributed by atoms with Crippen molar-refractivity contribution in [3.8, 4) is 0 Å². The van der Waals surface area contributed by atoms with Crippen molar-refractivity contribution >= 4 is 10.2 Å². The Labute approximate surface area is 123 Å². The van der Waals surface area contributed by atoms with Crippen LogP contribution in [0.5, 0.6) is 0 Å². The fraction of sp³-hybridized carbons (Fsp3) is 1.00. The van der Waals surface area contributed by atoms with Gasteiger partial charge >= 0.3 is 0 Å². The quantitative estimate of drug-likeness (QED) is 0.669. The van der Waals surface area contributed by atoms with Crippen molar-refractivity contribution in [2.45, 2.75) is 45.2 Å². The van der Waals surface area contributed by atoms with Crippen molar-refractivity contribution in [2.24, 2.45) is 0 Å². The van der Waals surface area contributed by atoms with Crippen molar-refractivity contribution in [3.05, 3.63) is 0 Å². The van der Waals surface area contributed by atoms with E-state index in [9.17, 15) is 8.42 Å². The average molecular weight is 307 g/mol. The van der Waals surface area contributed by atoms with E-state index in [0.717, 1.165) is 25.8 Å². The zero-order chi connectivity index (χ0) is 15.2. The van der Waals surface area contributed by atoms with Crippen LogP contribution < -0.4 is 5.32 Å². The number of rotatable bonds is 8. The summed E-state index contributed by atoms with van der Waals surface area (Å²) in [7, 11) is -0.0376. The van der Waals surface area contributed by atoms with Crippen LogP contribution in [0.2, 0.25) is 0 Å². The average Bonchev–Trinajstić information content (AvgIpc) is 2.43. The van der Waals surface area contributed by atoms with Crippen LogP contribution >= 0.6 is 0 Å². The molecule has 1 N–H and O–H groups in total. The number of ether oxygens (including phenoxy) is 1. The maximum absolute atomic E-state index is 12.6. The van der Waals surface area contributed by atoms with Gasteiger partial charge in [0, 0.05) is 45.9 Å². The zero-order valence-electron chi connectivity index (χ0n) is 13.1. The second kappa shape index (κ2) is 8.29. The molecule has 0 aromatic heterocycles. The molecule has 0 bridgehead atoms. The van der Waals surface area contributed by atoms with Crippen molar-refractivity contribution in [1.82, 2.24) is 13.9 Å². The van der Waals surface area contributed by atoms with Crippen molar-refractivity contribution in [2.75, 3.05) is 40.4 Å². The molecule has 1 fully saturated rings. The standard InChI is InChI=1S/C13H29N3O3S/c1-12(2)15(3)20(17,18)16-9-6-5-7-13(16)11-14-8-10-19-4/h12-14H,5-11H2,1-4H3. The third-order valence-electron chi connectivity index (χ3n) is 3.82. The van der Waals surface area contributed by atoms with Crippen molar-refractivity contribution in [3.63, 3.8) is 0 Å². The van der Waals surface area contributed by atoms with Gasteiger partial charge in [0.2, 0.25) is 0 Å². The molecule has 0 spiro atoms. The molecule has 0 amide bonds. The number of nitrogens with one attached hydrogen (secondary N) is 1. The summed E-state index contributed by atoms with van der Waals surface area (Å²) in [6, 6.07) is 0.0239. The molecule has 1 heterocycles. The second-order valence-corrected chi connectivity index (χ2v) is 7.52. The summed E-state index contributed by atoms with van der Waals surface area (Å²) in [4.78, 5) is 0.